The number of rotatable bonds is 8. The van der Waals surface area contributed by atoms with Gasteiger partial charge in [0, 0.05) is 24.7 Å². The maximum absolute atomic E-state index is 12.2. The molecule has 26 heavy (non-hydrogen) atoms. The molecule has 1 heterocycles. The van der Waals surface area contributed by atoms with E-state index >= 15 is 0 Å². The van der Waals surface area contributed by atoms with Crippen molar-refractivity contribution in [2.24, 2.45) is 0 Å². The zero-order valence-electron chi connectivity index (χ0n) is 13.8. The molecule has 3 aromatic rings. The Morgan fingerprint density at radius 1 is 1.08 bits per heavy atom. The van der Waals surface area contributed by atoms with Crippen LogP contribution >= 0.6 is 0 Å². The summed E-state index contributed by atoms with van der Waals surface area (Å²) in [7, 11) is -3.55. The normalized spacial score (nSPS) is 11.5. The highest BCUT2D eigenvalue weighted by Gasteiger charge is 2.13. The molecule has 2 aromatic carbocycles. The fourth-order valence-corrected chi connectivity index (χ4v) is 3.68. The maximum Gasteiger partial charge on any atom is 0.341 e. The van der Waals surface area contributed by atoms with Gasteiger partial charge in [-0.3, -0.25) is 0 Å². The van der Waals surface area contributed by atoms with Crippen molar-refractivity contribution in [1.29, 1.82) is 0 Å². The molecule has 0 spiro atoms. The first kappa shape index (κ1) is 18.0. The molecule has 0 amide bonds. The number of aromatic nitrogens is 1. The minimum atomic E-state index is -3.55. The molecule has 0 unspecified atom stereocenters. The fraction of sp³-hybridized carbons (Fsp3) is 0.167. The van der Waals surface area contributed by atoms with Crippen LogP contribution in [0.15, 0.2) is 65.7 Å². The van der Waals surface area contributed by atoms with Crippen molar-refractivity contribution in [3.63, 3.8) is 0 Å². The van der Waals surface area contributed by atoms with Crippen molar-refractivity contribution in [3.8, 4) is 5.75 Å². The number of carboxylic acids is 1. The van der Waals surface area contributed by atoms with Crippen molar-refractivity contribution < 1.29 is 23.1 Å². The summed E-state index contributed by atoms with van der Waals surface area (Å²) in [6.07, 6.45) is 1.81. The SMILES string of the molecule is O=C(O)COc1cccc2c1ccn2CCNS(=O)(=O)c1ccccc1. The topological polar surface area (TPSA) is 97.6 Å². The summed E-state index contributed by atoms with van der Waals surface area (Å²) >= 11 is 0. The van der Waals surface area contributed by atoms with Gasteiger partial charge in [-0.25, -0.2) is 17.9 Å². The second-order valence-corrected chi connectivity index (χ2v) is 7.36. The molecule has 0 atom stereocenters. The molecule has 0 saturated carbocycles. The number of fused-ring (bicyclic) bond motifs is 1. The maximum atomic E-state index is 12.2. The van der Waals surface area contributed by atoms with Gasteiger partial charge in [0.25, 0.3) is 0 Å². The van der Waals surface area contributed by atoms with E-state index in [0.29, 0.717) is 12.3 Å². The van der Waals surface area contributed by atoms with E-state index in [1.54, 1.807) is 42.5 Å². The van der Waals surface area contributed by atoms with E-state index in [0.717, 1.165) is 10.9 Å². The molecule has 2 N–H and O–H groups in total. The van der Waals surface area contributed by atoms with Crippen LogP contribution in [0.3, 0.4) is 0 Å². The van der Waals surface area contributed by atoms with Gasteiger partial charge in [-0.2, -0.15) is 0 Å². The second kappa shape index (κ2) is 7.59. The minimum absolute atomic E-state index is 0.223. The lowest BCUT2D eigenvalue weighted by atomic mass is 10.2. The molecule has 1 aromatic heterocycles. The first-order valence-electron chi connectivity index (χ1n) is 7.94. The van der Waals surface area contributed by atoms with E-state index in [4.69, 9.17) is 9.84 Å². The largest absolute Gasteiger partial charge is 0.481 e. The Morgan fingerprint density at radius 3 is 2.58 bits per heavy atom. The predicted molar refractivity (Wildman–Crippen MR) is 96.7 cm³/mol. The van der Waals surface area contributed by atoms with E-state index in [1.807, 2.05) is 22.9 Å². The summed E-state index contributed by atoms with van der Waals surface area (Å²) in [6, 6.07) is 15.3. The summed E-state index contributed by atoms with van der Waals surface area (Å²) in [5.74, 6) is -0.565. The van der Waals surface area contributed by atoms with Crippen LogP contribution < -0.4 is 9.46 Å². The molecule has 8 heteroatoms. The average Bonchev–Trinajstić information content (AvgIpc) is 3.04. The van der Waals surface area contributed by atoms with Gasteiger partial charge in [0.15, 0.2) is 6.61 Å². The number of carboxylic acid groups (broad SMARTS) is 1. The summed E-state index contributed by atoms with van der Waals surface area (Å²) in [4.78, 5) is 10.9. The lowest BCUT2D eigenvalue weighted by molar-refractivity contribution is -0.139. The van der Waals surface area contributed by atoms with Crippen molar-refractivity contribution in [2.45, 2.75) is 11.4 Å². The highest BCUT2D eigenvalue weighted by molar-refractivity contribution is 7.89. The first-order valence-corrected chi connectivity index (χ1v) is 9.43. The number of benzene rings is 2. The Morgan fingerprint density at radius 2 is 1.85 bits per heavy atom. The van der Waals surface area contributed by atoms with Crippen LogP contribution in [0.5, 0.6) is 5.75 Å². The zero-order chi connectivity index (χ0) is 18.6. The molecule has 0 fully saturated rings. The van der Waals surface area contributed by atoms with Crippen molar-refractivity contribution in [1.82, 2.24) is 9.29 Å². The van der Waals surface area contributed by atoms with Crippen LogP contribution in [0.1, 0.15) is 0 Å². The third-order valence-electron chi connectivity index (χ3n) is 3.82. The summed E-state index contributed by atoms with van der Waals surface area (Å²) in [5, 5.41) is 9.52. The van der Waals surface area contributed by atoms with Crippen molar-refractivity contribution in [3.05, 3.63) is 60.8 Å². The molecule has 0 aliphatic carbocycles. The molecule has 0 aliphatic rings. The van der Waals surface area contributed by atoms with Gasteiger partial charge in [0.05, 0.1) is 10.4 Å². The van der Waals surface area contributed by atoms with Gasteiger partial charge >= 0.3 is 5.97 Å². The van der Waals surface area contributed by atoms with Crippen LogP contribution in [0.4, 0.5) is 0 Å². The Labute approximate surface area is 150 Å². The minimum Gasteiger partial charge on any atom is -0.481 e. The van der Waals surface area contributed by atoms with E-state index in [-0.39, 0.29) is 11.4 Å². The Bertz CT molecular complexity index is 1010. The van der Waals surface area contributed by atoms with Crippen LogP contribution in [0.25, 0.3) is 10.9 Å². The highest BCUT2D eigenvalue weighted by Crippen LogP contribution is 2.26. The lowest BCUT2D eigenvalue weighted by Gasteiger charge is -2.09. The third-order valence-corrected chi connectivity index (χ3v) is 5.30. The fourth-order valence-electron chi connectivity index (χ4n) is 2.64. The van der Waals surface area contributed by atoms with Gasteiger partial charge in [-0.15, -0.1) is 0 Å². The summed E-state index contributed by atoms with van der Waals surface area (Å²) in [6.45, 7) is 0.236. The summed E-state index contributed by atoms with van der Waals surface area (Å²) in [5.41, 5.74) is 0.840. The van der Waals surface area contributed by atoms with E-state index in [9.17, 15) is 13.2 Å². The number of ether oxygens (including phenoxy) is 1. The molecule has 0 aliphatic heterocycles. The van der Waals surface area contributed by atoms with Gasteiger partial charge in [-0.1, -0.05) is 24.3 Å². The van der Waals surface area contributed by atoms with Gasteiger partial charge in [0.2, 0.25) is 10.0 Å². The Kier molecular flexibility index (Phi) is 5.24. The molecule has 136 valence electrons. The molecule has 3 rings (SSSR count). The number of aliphatic carboxylic acids is 1. The standard InChI is InChI=1S/C18H18N2O5S/c21-18(22)13-25-17-8-4-7-16-15(17)9-11-20(16)12-10-19-26(23,24)14-5-2-1-3-6-14/h1-9,11,19H,10,12-13H2,(H,21,22). The summed E-state index contributed by atoms with van der Waals surface area (Å²) < 4.78 is 34.2. The smallest absolute Gasteiger partial charge is 0.341 e. The predicted octanol–water partition coefficient (Wildman–Crippen LogP) is 2.08. The van der Waals surface area contributed by atoms with Gasteiger partial charge in [-0.05, 0) is 30.3 Å². The molecule has 7 nitrogen and oxygen atoms in total. The number of hydrogen-bond acceptors (Lipinski definition) is 4. The second-order valence-electron chi connectivity index (χ2n) is 5.59. The molecule has 0 radical (unpaired) electrons. The first-order chi connectivity index (χ1) is 12.5. The van der Waals surface area contributed by atoms with Crippen LogP contribution in [-0.4, -0.2) is 37.2 Å². The quantitative estimate of drug-likeness (QED) is 0.629. The number of carbonyl (C=O) groups is 1. The van der Waals surface area contributed by atoms with Gasteiger partial charge in [0.1, 0.15) is 5.75 Å². The lowest BCUT2D eigenvalue weighted by Crippen LogP contribution is -2.27. The van der Waals surface area contributed by atoms with Crippen molar-refractivity contribution in [2.75, 3.05) is 13.2 Å². The molecular formula is C18H18N2O5S. The third kappa shape index (κ3) is 4.04. The van der Waals surface area contributed by atoms with Crippen molar-refractivity contribution >= 4 is 26.9 Å². The van der Waals surface area contributed by atoms with Gasteiger partial charge < -0.3 is 14.4 Å². The van der Waals surface area contributed by atoms with Crippen LogP contribution in [0.2, 0.25) is 0 Å². The van der Waals surface area contributed by atoms with Crippen LogP contribution in [-0.2, 0) is 21.4 Å². The molecular weight excluding hydrogens is 356 g/mol. The molecule has 0 saturated heterocycles. The average molecular weight is 374 g/mol. The van der Waals surface area contributed by atoms with E-state index in [2.05, 4.69) is 4.72 Å². The monoisotopic (exact) mass is 374 g/mol. The highest BCUT2D eigenvalue weighted by atomic mass is 32.2. The van der Waals surface area contributed by atoms with E-state index < -0.39 is 22.6 Å². The zero-order valence-corrected chi connectivity index (χ0v) is 14.6. The number of sulfonamides is 1. The Hall–Kier alpha value is -2.84. The Balaban J connectivity index is 1.70. The molecule has 0 bridgehead atoms. The van der Waals surface area contributed by atoms with E-state index in [1.165, 1.54) is 0 Å². The van der Waals surface area contributed by atoms with Crippen LogP contribution in [0, 0.1) is 0 Å². The number of nitrogens with zero attached hydrogens (tertiary/aromatic N) is 1. The number of nitrogens with one attached hydrogen (secondary N) is 1. The number of hydrogen-bond donors (Lipinski definition) is 2.